The molecule has 0 unspecified atom stereocenters. The van der Waals surface area contributed by atoms with E-state index in [2.05, 4.69) is 4.74 Å². The highest BCUT2D eigenvalue weighted by molar-refractivity contribution is 6.02. The van der Waals surface area contributed by atoms with Crippen LogP contribution in [0.1, 0.15) is 19.8 Å². The Labute approximate surface area is 92.5 Å². The van der Waals surface area contributed by atoms with Crippen LogP contribution in [0.2, 0.25) is 0 Å². The number of carboxylic acids is 2. The third-order valence-electron chi connectivity index (χ3n) is 1.86. The molecule has 0 amide bonds. The van der Waals surface area contributed by atoms with Crippen LogP contribution < -0.4 is 0 Å². The van der Waals surface area contributed by atoms with Crippen molar-refractivity contribution in [3.8, 4) is 0 Å². The monoisotopic (exact) mass is 230 g/mol. The van der Waals surface area contributed by atoms with Crippen molar-refractivity contribution in [2.45, 2.75) is 19.8 Å². The molecule has 0 radical (unpaired) electrons. The zero-order chi connectivity index (χ0) is 12.7. The van der Waals surface area contributed by atoms with Crippen molar-refractivity contribution >= 4 is 17.7 Å². The van der Waals surface area contributed by atoms with Crippen LogP contribution in [-0.2, 0) is 19.1 Å². The van der Waals surface area contributed by atoms with Crippen molar-refractivity contribution in [1.82, 2.24) is 0 Å². The summed E-state index contributed by atoms with van der Waals surface area (Å²) in [7, 11) is 1.38. The maximum absolute atomic E-state index is 10.8. The Morgan fingerprint density at radius 3 is 1.88 bits per heavy atom. The highest BCUT2D eigenvalue weighted by Crippen LogP contribution is 2.14. The normalized spacial score (nSPS) is 11.9. The molecule has 16 heavy (non-hydrogen) atoms. The Hall–Kier alpha value is -1.69. The Balaban J connectivity index is 5.17. The number of Topliss-reactive ketones (excluding diaryl/α,β-unsaturated/α-hetero) is 1. The lowest BCUT2D eigenvalue weighted by molar-refractivity contribution is -0.136. The Bertz CT molecular complexity index is 328. The van der Waals surface area contributed by atoms with Gasteiger partial charge in [0.05, 0.1) is 17.8 Å². The molecule has 0 fully saturated rings. The van der Waals surface area contributed by atoms with Gasteiger partial charge in [-0.15, -0.1) is 0 Å². The smallest absolute Gasteiger partial charge is 0.332 e. The van der Waals surface area contributed by atoms with Gasteiger partial charge in [-0.25, -0.2) is 9.59 Å². The van der Waals surface area contributed by atoms with Crippen LogP contribution in [0.15, 0.2) is 11.1 Å². The third kappa shape index (κ3) is 4.70. The Kier molecular flexibility index (Phi) is 6.02. The maximum Gasteiger partial charge on any atom is 0.332 e. The van der Waals surface area contributed by atoms with Gasteiger partial charge in [-0.1, -0.05) is 0 Å². The highest BCUT2D eigenvalue weighted by Gasteiger charge is 2.20. The summed E-state index contributed by atoms with van der Waals surface area (Å²) in [6.07, 6.45) is -0.429. The van der Waals surface area contributed by atoms with Crippen molar-refractivity contribution in [3.63, 3.8) is 0 Å². The van der Waals surface area contributed by atoms with E-state index < -0.39 is 17.7 Å². The minimum atomic E-state index is -1.39. The first-order chi connectivity index (χ1) is 7.40. The summed E-state index contributed by atoms with van der Waals surface area (Å²) in [4.78, 5) is 32.5. The van der Waals surface area contributed by atoms with Gasteiger partial charge >= 0.3 is 11.9 Å². The molecule has 0 aromatic rings. The molecule has 0 aliphatic rings. The van der Waals surface area contributed by atoms with Crippen molar-refractivity contribution in [2.75, 3.05) is 13.7 Å². The van der Waals surface area contributed by atoms with Gasteiger partial charge in [0, 0.05) is 20.0 Å². The predicted molar refractivity (Wildman–Crippen MR) is 54.1 cm³/mol. The zero-order valence-electron chi connectivity index (χ0n) is 9.15. The lowest BCUT2D eigenvalue weighted by Gasteiger charge is -2.07. The van der Waals surface area contributed by atoms with Crippen molar-refractivity contribution in [1.29, 1.82) is 0 Å². The molecule has 0 aliphatic carbocycles. The molecule has 0 rings (SSSR count). The van der Waals surface area contributed by atoms with Crippen LogP contribution in [0, 0.1) is 0 Å². The molecule has 0 aromatic carbocycles. The summed E-state index contributed by atoms with van der Waals surface area (Å²) in [6.45, 7) is 1.30. The van der Waals surface area contributed by atoms with Gasteiger partial charge in [-0.2, -0.15) is 0 Å². The lowest BCUT2D eigenvalue weighted by atomic mass is 10.0. The molecule has 0 spiro atoms. The van der Waals surface area contributed by atoms with Crippen LogP contribution in [0.25, 0.3) is 0 Å². The second-order valence-corrected chi connectivity index (χ2v) is 3.19. The molecule has 6 heteroatoms. The van der Waals surface area contributed by atoms with Crippen LogP contribution in [-0.4, -0.2) is 41.7 Å². The predicted octanol–water partition coefficient (Wildman–Crippen LogP) is 0.468. The van der Waals surface area contributed by atoms with Gasteiger partial charge in [-0.05, 0) is 6.92 Å². The second-order valence-electron chi connectivity index (χ2n) is 3.19. The topological polar surface area (TPSA) is 101 Å². The molecular formula is C10H14O6. The summed E-state index contributed by atoms with van der Waals surface area (Å²) in [6, 6.07) is 0. The number of hydrogen-bond acceptors (Lipinski definition) is 4. The number of aliphatic carboxylic acids is 2. The van der Waals surface area contributed by atoms with Gasteiger partial charge in [0.2, 0.25) is 0 Å². The van der Waals surface area contributed by atoms with Gasteiger partial charge in [0.1, 0.15) is 5.78 Å². The average molecular weight is 230 g/mol. The number of ether oxygens (including phenoxy) is 1. The number of carboxylic acid groups (broad SMARTS) is 2. The Morgan fingerprint density at radius 1 is 1.06 bits per heavy atom. The van der Waals surface area contributed by atoms with E-state index in [9.17, 15) is 14.4 Å². The molecule has 0 heterocycles. The van der Waals surface area contributed by atoms with Gasteiger partial charge < -0.3 is 14.9 Å². The third-order valence-corrected chi connectivity index (χ3v) is 1.86. The van der Waals surface area contributed by atoms with E-state index in [1.807, 2.05) is 0 Å². The van der Waals surface area contributed by atoms with Crippen LogP contribution in [0.5, 0.6) is 0 Å². The van der Waals surface area contributed by atoms with Crippen molar-refractivity contribution in [2.24, 2.45) is 0 Å². The first kappa shape index (κ1) is 14.3. The van der Waals surface area contributed by atoms with E-state index in [0.29, 0.717) is 0 Å². The molecule has 6 nitrogen and oxygen atoms in total. The number of ketones is 1. The molecule has 0 saturated heterocycles. The zero-order valence-corrected chi connectivity index (χ0v) is 9.15. The number of carbonyl (C=O) groups excluding carboxylic acids is 1. The summed E-state index contributed by atoms with van der Waals surface area (Å²) >= 11 is 0. The van der Waals surface area contributed by atoms with Gasteiger partial charge in [-0.3, -0.25) is 4.79 Å². The van der Waals surface area contributed by atoms with E-state index >= 15 is 0 Å². The number of rotatable bonds is 7. The summed E-state index contributed by atoms with van der Waals surface area (Å²) < 4.78 is 4.68. The summed E-state index contributed by atoms with van der Waals surface area (Å²) in [5, 5.41) is 17.7. The fourth-order valence-electron chi connectivity index (χ4n) is 1.15. The molecule has 0 saturated carbocycles. The first-order valence-electron chi connectivity index (χ1n) is 4.57. The van der Waals surface area contributed by atoms with Crippen LogP contribution in [0.3, 0.4) is 0 Å². The van der Waals surface area contributed by atoms with Crippen LogP contribution in [0.4, 0.5) is 0 Å². The highest BCUT2D eigenvalue weighted by atomic mass is 16.5. The molecule has 0 aliphatic heterocycles. The van der Waals surface area contributed by atoms with Gasteiger partial charge in [0.15, 0.2) is 0 Å². The number of methoxy groups -OCH3 is 1. The van der Waals surface area contributed by atoms with E-state index in [-0.39, 0.29) is 30.6 Å². The van der Waals surface area contributed by atoms with E-state index in [1.165, 1.54) is 14.0 Å². The fraction of sp³-hybridized carbons (Fsp3) is 0.500. The number of carbonyl (C=O) groups is 3. The van der Waals surface area contributed by atoms with Crippen LogP contribution >= 0.6 is 0 Å². The quantitative estimate of drug-likeness (QED) is 0.616. The van der Waals surface area contributed by atoms with Gasteiger partial charge in [0.25, 0.3) is 0 Å². The molecule has 90 valence electrons. The maximum atomic E-state index is 10.8. The molecular weight excluding hydrogens is 216 g/mol. The van der Waals surface area contributed by atoms with E-state index in [0.717, 1.165) is 0 Å². The van der Waals surface area contributed by atoms with Crippen molar-refractivity contribution < 1.29 is 29.3 Å². The largest absolute Gasteiger partial charge is 0.478 e. The summed E-state index contributed by atoms with van der Waals surface area (Å²) in [5.41, 5.74) is -0.665. The number of hydrogen-bond donors (Lipinski definition) is 2. The SMILES string of the molecule is COCC/C(C(=O)O)=C(/CC(C)=O)C(=O)O. The minimum absolute atomic E-state index is 0.0409. The second kappa shape index (κ2) is 6.73. The fourth-order valence-corrected chi connectivity index (χ4v) is 1.15. The molecule has 0 atom stereocenters. The standard InChI is InChI=1S/C10H14O6/c1-6(11)5-8(10(14)15)7(9(12)13)3-4-16-2/h3-5H2,1-2H3,(H,12,13)(H,14,15)/b8-7+. The average Bonchev–Trinajstić information content (AvgIpc) is 2.15. The molecule has 2 N–H and O–H groups in total. The minimum Gasteiger partial charge on any atom is -0.478 e. The Morgan fingerprint density at radius 2 is 1.56 bits per heavy atom. The molecule has 0 aromatic heterocycles. The molecule has 0 bridgehead atoms. The lowest BCUT2D eigenvalue weighted by Crippen LogP contribution is -2.15. The van der Waals surface area contributed by atoms with E-state index in [4.69, 9.17) is 10.2 Å². The van der Waals surface area contributed by atoms with Crippen molar-refractivity contribution in [3.05, 3.63) is 11.1 Å². The summed E-state index contributed by atoms with van der Waals surface area (Å²) in [5.74, 6) is -3.12. The van der Waals surface area contributed by atoms with E-state index in [1.54, 1.807) is 0 Å². The first-order valence-corrected chi connectivity index (χ1v) is 4.57.